The van der Waals surface area contributed by atoms with Crippen molar-refractivity contribution < 1.29 is 13.6 Å². The number of aryl methyl sites for hydroxylation is 1. The van der Waals surface area contributed by atoms with Gasteiger partial charge in [0.2, 0.25) is 5.91 Å². The lowest BCUT2D eigenvalue weighted by Gasteiger charge is -2.23. The average Bonchev–Trinajstić information content (AvgIpc) is 3.80. The Balaban J connectivity index is 1.21. The predicted octanol–water partition coefficient (Wildman–Crippen LogP) is 7.56. The van der Waals surface area contributed by atoms with Gasteiger partial charge in [-0.2, -0.15) is 0 Å². The molecule has 3 aromatic rings. The number of anilines is 1. The molecule has 1 aromatic carbocycles. The van der Waals surface area contributed by atoms with E-state index in [0.29, 0.717) is 24.1 Å². The quantitative estimate of drug-likeness (QED) is 0.231. The first-order valence-electron chi connectivity index (χ1n) is 12.7. The van der Waals surface area contributed by atoms with Crippen molar-refractivity contribution in [1.29, 1.82) is 0 Å². The number of amides is 1. The number of carbonyl (C=O) groups is 1. The molecule has 0 radical (unpaired) electrons. The Hall–Kier alpha value is -2.80. The maximum Gasteiger partial charge on any atom is 0.227 e. The number of carbonyl (C=O) groups excluding carboxylic acids is 1. The second-order valence-electron chi connectivity index (χ2n) is 9.70. The van der Waals surface area contributed by atoms with Crippen LogP contribution in [0.5, 0.6) is 0 Å². The molecule has 2 fully saturated rings. The zero-order valence-corrected chi connectivity index (χ0v) is 20.9. The Morgan fingerprint density at radius 2 is 1.97 bits per heavy atom. The molecule has 2 aromatic heterocycles. The molecule has 5 rings (SSSR count). The van der Waals surface area contributed by atoms with Gasteiger partial charge in [0.1, 0.15) is 0 Å². The van der Waals surface area contributed by atoms with Gasteiger partial charge in [-0.1, -0.05) is 25.1 Å². The van der Waals surface area contributed by atoms with Gasteiger partial charge in [-0.3, -0.25) is 4.79 Å². The first-order valence-corrected chi connectivity index (χ1v) is 13.6. The molecule has 35 heavy (non-hydrogen) atoms. The SMILES string of the molecule is C=C(F)CCC(=O)N(CCCCCc1nc(C2CC2)cs1)c1cccc(-c2cnc(C3CC3)o2)c1. The van der Waals surface area contributed by atoms with E-state index in [1.165, 1.54) is 23.5 Å². The summed E-state index contributed by atoms with van der Waals surface area (Å²) in [6.45, 7) is 3.90. The molecule has 0 saturated heterocycles. The second-order valence-corrected chi connectivity index (χ2v) is 10.6. The average molecular weight is 494 g/mol. The van der Waals surface area contributed by atoms with Gasteiger partial charge in [-0.25, -0.2) is 14.4 Å². The molecule has 2 heterocycles. The minimum absolute atomic E-state index is 0.0508. The van der Waals surface area contributed by atoms with E-state index in [1.54, 1.807) is 22.4 Å². The van der Waals surface area contributed by atoms with Crippen LogP contribution in [0.25, 0.3) is 11.3 Å². The van der Waals surface area contributed by atoms with E-state index < -0.39 is 5.83 Å². The monoisotopic (exact) mass is 493 g/mol. The van der Waals surface area contributed by atoms with E-state index in [0.717, 1.165) is 55.7 Å². The van der Waals surface area contributed by atoms with Crippen LogP contribution in [0.15, 0.2) is 52.7 Å². The molecule has 5 nitrogen and oxygen atoms in total. The van der Waals surface area contributed by atoms with Crippen LogP contribution in [0.4, 0.5) is 10.1 Å². The summed E-state index contributed by atoms with van der Waals surface area (Å²) in [5.74, 6) is 2.11. The van der Waals surface area contributed by atoms with Crippen LogP contribution in [-0.2, 0) is 11.2 Å². The molecule has 2 aliphatic rings. The number of nitrogens with zero attached hydrogens (tertiary/aromatic N) is 3. The summed E-state index contributed by atoms with van der Waals surface area (Å²) in [4.78, 5) is 24.0. The molecule has 0 unspecified atom stereocenters. The van der Waals surface area contributed by atoms with Crippen LogP contribution in [0, 0.1) is 0 Å². The van der Waals surface area contributed by atoms with E-state index >= 15 is 0 Å². The minimum atomic E-state index is -0.463. The number of aromatic nitrogens is 2. The predicted molar refractivity (Wildman–Crippen MR) is 137 cm³/mol. The first kappa shape index (κ1) is 23.9. The number of benzene rings is 1. The Kier molecular flexibility index (Phi) is 7.42. The largest absolute Gasteiger partial charge is 0.440 e. The number of halogens is 1. The van der Waals surface area contributed by atoms with Crippen molar-refractivity contribution in [3.8, 4) is 11.3 Å². The van der Waals surface area contributed by atoms with Gasteiger partial charge in [0, 0.05) is 47.9 Å². The topological polar surface area (TPSA) is 59.2 Å². The van der Waals surface area contributed by atoms with Crippen LogP contribution in [0.3, 0.4) is 0 Å². The smallest absolute Gasteiger partial charge is 0.227 e. The normalized spacial score (nSPS) is 15.3. The lowest BCUT2D eigenvalue weighted by molar-refractivity contribution is -0.118. The maximum absolute atomic E-state index is 13.3. The molecular weight excluding hydrogens is 461 g/mol. The zero-order valence-electron chi connectivity index (χ0n) is 20.0. The van der Waals surface area contributed by atoms with Crippen LogP contribution < -0.4 is 4.90 Å². The van der Waals surface area contributed by atoms with Crippen molar-refractivity contribution in [1.82, 2.24) is 9.97 Å². The summed E-state index contributed by atoms with van der Waals surface area (Å²) in [5, 5.41) is 3.42. The fourth-order valence-corrected chi connectivity index (χ4v) is 5.19. The molecule has 0 bridgehead atoms. The van der Waals surface area contributed by atoms with Crippen LogP contribution in [-0.4, -0.2) is 22.4 Å². The van der Waals surface area contributed by atoms with Gasteiger partial charge in [0.05, 0.1) is 22.7 Å². The van der Waals surface area contributed by atoms with E-state index in [9.17, 15) is 9.18 Å². The standard InChI is InChI=1S/C28H32FN3O2S/c1-19(29)9-14-27(33)32(15-4-2-3-8-26-31-24(18-35-26)20-10-11-20)23-7-5-6-22(16-23)25-17-30-28(34-25)21-12-13-21/h5-7,16-18,20-21H,1-4,8-15H2. The first-order chi connectivity index (χ1) is 17.1. The Bertz CT molecular complexity index is 1180. The summed E-state index contributed by atoms with van der Waals surface area (Å²) >= 11 is 1.77. The highest BCUT2D eigenvalue weighted by molar-refractivity contribution is 7.09. The molecule has 7 heteroatoms. The van der Waals surface area contributed by atoms with Crippen molar-refractivity contribution in [3.63, 3.8) is 0 Å². The molecule has 0 atom stereocenters. The van der Waals surface area contributed by atoms with Crippen molar-refractivity contribution in [2.24, 2.45) is 0 Å². The molecule has 2 saturated carbocycles. The van der Waals surface area contributed by atoms with E-state index in [2.05, 4.69) is 16.9 Å². The fourth-order valence-electron chi connectivity index (χ4n) is 4.27. The summed E-state index contributed by atoms with van der Waals surface area (Å²) in [5.41, 5.74) is 2.97. The van der Waals surface area contributed by atoms with Gasteiger partial charge in [0.25, 0.3) is 0 Å². The van der Waals surface area contributed by atoms with Crippen molar-refractivity contribution in [2.45, 2.75) is 76.0 Å². The summed E-state index contributed by atoms with van der Waals surface area (Å²) < 4.78 is 19.2. The Morgan fingerprint density at radius 3 is 2.74 bits per heavy atom. The molecule has 184 valence electrons. The Morgan fingerprint density at radius 1 is 1.14 bits per heavy atom. The molecule has 2 aliphatic carbocycles. The third kappa shape index (κ3) is 6.45. The third-order valence-corrected chi connectivity index (χ3v) is 7.57. The van der Waals surface area contributed by atoms with E-state index in [4.69, 9.17) is 9.40 Å². The van der Waals surface area contributed by atoms with Crippen LogP contribution in [0.1, 0.15) is 86.2 Å². The van der Waals surface area contributed by atoms with Crippen LogP contribution in [0.2, 0.25) is 0 Å². The van der Waals surface area contributed by atoms with E-state index in [1.807, 2.05) is 24.3 Å². The summed E-state index contributed by atoms with van der Waals surface area (Å²) in [6.07, 6.45) is 10.7. The lowest BCUT2D eigenvalue weighted by Crippen LogP contribution is -2.31. The molecule has 1 amide bonds. The highest BCUT2D eigenvalue weighted by Crippen LogP contribution is 2.41. The number of oxazole rings is 1. The number of unbranched alkanes of at least 4 members (excludes halogenated alkanes) is 2. The van der Waals surface area contributed by atoms with Gasteiger partial charge in [0.15, 0.2) is 11.7 Å². The summed E-state index contributed by atoms with van der Waals surface area (Å²) in [7, 11) is 0. The zero-order chi connectivity index (χ0) is 24.2. The number of hydrogen-bond acceptors (Lipinski definition) is 5. The van der Waals surface area contributed by atoms with Crippen LogP contribution >= 0.6 is 11.3 Å². The molecular formula is C28H32FN3O2S. The maximum atomic E-state index is 13.3. The van der Waals surface area contributed by atoms with Crippen molar-refractivity contribution >= 4 is 22.9 Å². The van der Waals surface area contributed by atoms with Crippen molar-refractivity contribution in [2.75, 3.05) is 11.4 Å². The lowest BCUT2D eigenvalue weighted by atomic mass is 10.1. The summed E-state index contributed by atoms with van der Waals surface area (Å²) in [6, 6.07) is 7.79. The third-order valence-electron chi connectivity index (χ3n) is 6.64. The second kappa shape index (κ2) is 10.9. The van der Waals surface area contributed by atoms with Gasteiger partial charge in [-0.15, -0.1) is 11.3 Å². The highest BCUT2D eigenvalue weighted by atomic mass is 32.1. The number of rotatable bonds is 13. The molecule has 0 spiro atoms. The van der Waals surface area contributed by atoms with Gasteiger partial charge < -0.3 is 9.32 Å². The minimum Gasteiger partial charge on any atom is -0.440 e. The van der Waals surface area contributed by atoms with E-state index in [-0.39, 0.29) is 18.7 Å². The van der Waals surface area contributed by atoms with Gasteiger partial charge >= 0.3 is 0 Å². The fraction of sp³-hybridized carbons (Fsp3) is 0.464. The number of thiazole rings is 1. The Labute approximate surface area is 210 Å². The highest BCUT2D eigenvalue weighted by Gasteiger charge is 2.29. The molecule has 0 N–H and O–H groups in total. The van der Waals surface area contributed by atoms with Gasteiger partial charge in [-0.05, 0) is 57.1 Å². The molecule has 0 aliphatic heterocycles. The number of allylic oxidation sites excluding steroid dienone is 1. The van der Waals surface area contributed by atoms with Crippen molar-refractivity contribution in [3.05, 3.63) is 64.8 Å². The number of hydrogen-bond donors (Lipinski definition) is 0.